The summed E-state index contributed by atoms with van der Waals surface area (Å²) in [6.07, 6.45) is 6.72. The van der Waals surface area contributed by atoms with Crippen LogP contribution in [0.3, 0.4) is 0 Å². The molecule has 0 radical (unpaired) electrons. The minimum Gasteiger partial charge on any atom is -0.465 e. The van der Waals surface area contributed by atoms with E-state index in [9.17, 15) is 4.79 Å². The molecule has 3 heteroatoms. The van der Waals surface area contributed by atoms with Crippen molar-refractivity contribution >= 4 is 17.6 Å². The van der Waals surface area contributed by atoms with Crippen LogP contribution in [0, 0.1) is 0 Å². The van der Waals surface area contributed by atoms with Crippen molar-refractivity contribution < 1.29 is 9.53 Å². The summed E-state index contributed by atoms with van der Waals surface area (Å²) in [5.41, 5.74) is 4.43. The predicted octanol–water partition coefficient (Wildman–Crippen LogP) is 5.92. The van der Waals surface area contributed by atoms with Crippen LogP contribution in [-0.2, 0) is 9.53 Å². The molecule has 0 fully saturated rings. The number of hydrogen-bond donors (Lipinski definition) is 0. The van der Waals surface area contributed by atoms with Gasteiger partial charge in [-0.25, -0.2) is 0 Å². The SMILES string of the molecule is O=C(OCCCCCCCCCl)C1c2ccccc2-c2ccccc21. The lowest BCUT2D eigenvalue weighted by atomic mass is 9.97. The van der Waals surface area contributed by atoms with E-state index >= 15 is 0 Å². The highest BCUT2D eigenvalue weighted by atomic mass is 35.5. The molecule has 132 valence electrons. The van der Waals surface area contributed by atoms with E-state index in [2.05, 4.69) is 12.1 Å². The van der Waals surface area contributed by atoms with Gasteiger partial charge in [-0.2, -0.15) is 0 Å². The van der Waals surface area contributed by atoms with E-state index in [-0.39, 0.29) is 11.9 Å². The minimum absolute atomic E-state index is 0.125. The van der Waals surface area contributed by atoms with Gasteiger partial charge in [0.15, 0.2) is 0 Å². The van der Waals surface area contributed by atoms with E-state index in [0.29, 0.717) is 6.61 Å². The molecule has 1 aliphatic carbocycles. The fourth-order valence-corrected chi connectivity index (χ4v) is 3.76. The molecule has 0 bridgehead atoms. The van der Waals surface area contributed by atoms with E-state index in [4.69, 9.17) is 16.3 Å². The summed E-state index contributed by atoms with van der Waals surface area (Å²) in [5, 5.41) is 0. The molecule has 0 amide bonds. The lowest BCUT2D eigenvalue weighted by Crippen LogP contribution is -2.16. The van der Waals surface area contributed by atoms with E-state index in [1.165, 1.54) is 19.3 Å². The van der Waals surface area contributed by atoms with Gasteiger partial charge in [-0.05, 0) is 35.1 Å². The molecule has 0 saturated carbocycles. The lowest BCUT2D eigenvalue weighted by molar-refractivity contribution is -0.144. The summed E-state index contributed by atoms with van der Waals surface area (Å²) < 4.78 is 5.61. The van der Waals surface area contributed by atoms with Gasteiger partial charge < -0.3 is 4.74 Å². The van der Waals surface area contributed by atoms with Gasteiger partial charge in [0.25, 0.3) is 0 Å². The number of fused-ring (bicyclic) bond motifs is 3. The Balaban J connectivity index is 1.54. The van der Waals surface area contributed by atoms with Crippen molar-refractivity contribution in [3.8, 4) is 11.1 Å². The van der Waals surface area contributed by atoms with E-state index in [1.54, 1.807) is 0 Å². The van der Waals surface area contributed by atoms with Gasteiger partial charge in [-0.1, -0.05) is 74.2 Å². The first-order chi connectivity index (χ1) is 12.3. The second-order valence-electron chi connectivity index (χ2n) is 6.59. The van der Waals surface area contributed by atoms with Crippen LogP contribution in [0.2, 0.25) is 0 Å². The number of rotatable bonds is 9. The lowest BCUT2D eigenvalue weighted by Gasteiger charge is -2.13. The monoisotopic (exact) mass is 356 g/mol. The standard InChI is InChI=1S/C22H25ClO2/c23-15-9-3-1-2-4-10-16-25-22(24)21-19-13-7-5-11-17(19)18-12-6-8-14-20(18)21/h5-8,11-14,21H,1-4,9-10,15-16H2. The van der Waals surface area contributed by atoms with Gasteiger partial charge in [-0.3, -0.25) is 4.79 Å². The Hall–Kier alpha value is -1.80. The first-order valence-electron chi connectivity index (χ1n) is 9.23. The summed E-state index contributed by atoms with van der Waals surface area (Å²) in [6.45, 7) is 0.509. The Morgan fingerprint density at radius 1 is 0.800 bits per heavy atom. The molecular weight excluding hydrogens is 332 g/mol. The van der Waals surface area contributed by atoms with Crippen LogP contribution in [-0.4, -0.2) is 18.5 Å². The summed E-state index contributed by atoms with van der Waals surface area (Å²) >= 11 is 5.68. The highest BCUT2D eigenvalue weighted by Gasteiger charge is 2.34. The van der Waals surface area contributed by atoms with Gasteiger partial charge in [0.2, 0.25) is 0 Å². The summed E-state index contributed by atoms with van der Waals surface area (Å²) in [4.78, 5) is 12.7. The zero-order chi connectivity index (χ0) is 17.5. The predicted molar refractivity (Wildman–Crippen MR) is 103 cm³/mol. The Kier molecular flexibility index (Phi) is 6.52. The fraction of sp³-hybridized carbons (Fsp3) is 0.409. The van der Waals surface area contributed by atoms with Gasteiger partial charge in [-0.15, -0.1) is 11.6 Å². The number of esters is 1. The molecular formula is C22H25ClO2. The summed E-state index contributed by atoms with van der Waals surface area (Å²) in [7, 11) is 0. The van der Waals surface area contributed by atoms with Crippen molar-refractivity contribution in [3.05, 3.63) is 59.7 Å². The second-order valence-corrected chi connectivity index (χ2v) is 6.96. The number of unbranched alkanes of at least 4 members (excludes halogenated alkanes) is 5. The molecule has 2 aromatic carbocycles. The molecule has 0 N–H and O–H groups in total. The summed E-state index contributed by atoms with van der Waals surface area (Å²) in [5.74, 6) is 0.345. The van der Waals surface area contributed by atoms with Crippen LogP contribution in [0.4, 0.5) is 0 Å². The van der Waals surface area contributed by atoms with Gasteiger partial charge in [0, 0.05) is 5.88 Å². The molecule has 0 heterocycles. The number of ether oxygens (including phenoxy) is 1. The zero-order valence-electron chi connectivity index (χ0n) is 14.5. The molecule has 2 nitrogen and oxygen atoms in total. The molecule has 1 aliphatic rings. The van der Waals surface area contributed by atoms with Crippen molar-refractivity contribution in [2.24, 2.45) is 0 Å². The van der Waals surface area contributed by atoms with Crippen LogP contribution in [0.5, 0.6) is 0 Å². The molecule has 0 atom stereocenters. The number of alkyl halides is 1. The quantitative estimate of drug-likeness (QED) is 0.316. The van der Waals surface area contributed by atoms with Crippen molar-refractivity contribution in [1.29, 1.82) is 0 Å². The van der Waals surface area contributed by atoms with E-state index in [0.717, 1.165) is 47.4 Å². The maximum Gasteiger partial charge on any atom is 0.317 e. The molecule has 0 unspecified atom stereocenters. The first kappa shape index (κ1) is 18.0. The zero-order valence-corrected chi connectivity index (χ0v) is 15.3. The summed E-state index contributed by atoms with van der Waals surface area (Å²) in [6, 6.07) is 16.3. The average Bonchev–Trinajstić information content (AvgIpc) is 2.98. The number of benzene rings is 2. The Morgan fingerprint density at radius 2 is 1.32 bits per heavy atom. The van der Waals surface area contributed by atoms with Crippen molar-refractivity contribution in [1.82, 2.24) is 0 Å². The molecule has 25 heavy (non-hydrogen) atoms. The largest absolute Gasteiger partial charge is 0.465 e. The maximum atomic E-state index is 12.7. The Labute approximate surface area is 155 Å². The van der Waals surface area contributed by atoms with E-state index < -0.39 is 0 Å². The number of carbonyl (C=O) groups excluding carboxylic acids is 1. The number of carbonyl (C=O) groups is 1. The van der Waals surface area contributed by atoms with Crippen molar-refractivity contribution in [2.75, 3.05) is 12.5 Å². The normalized spacial score (nSPS) is 12.7. The Bertz CT molecular complexity index is 665. The second kappa shape index (κ2) is 9.05. The third-order valence-electron chi connectivity index (χ3n) is 4.84. The average molecular weight is 357 g/mol. The third-order valence-corrected chi connectivity index (χ3v) is 5.11. The van der Waals surface area contributed by atoms with Crippen molar-refractivity contribution in [2.45, 2.75) is 44.4 Å². The Morgan fingerprint density at radius 3 is 1.92 bits per heavy atom. The third kappa shape index (κ3) is 4.24. The topological polar surface area (TPSA) is 26.3 Å². The number of halogens is 1. The minimum atomic E-state index is -0.281. The van der Waals surface area contributed by atoms with Crippen LogP contribution in [0.15, 0.2) is 48.5 Å². The van der Waals surface area contributed by atoms with Crippen LogP contribution >= 0.6 is 11.6 Å². The van der Waals surface area contributed by atoms with Gasteiger partial charge >= 0.3 is 5.97 Å². The number of hydrogen-bond acceptors (Lipinski definition) is 2. The molecule has 0 spiro atoms. The molecule has 3 rings (SSSR count). The maximum absolute atomic E-state index is 12.7. The van der Waals surface area contributed by atoms with Crippen LogP contribution in [0.25, 0.3) is 11.1 Å². The smallest absolute Gasteiger partial charge is 0.317 e. The molecule has 0 aromatic heterocycles. The van der Waals surface area contributed by atoms with Gasteiger partial charge in [0.1, 0.15) is 5.92 Å². The molecule has 2 aromatic rings. The van der Waals surface area contributed by atoms with Crippen LogP contribution < -0.4 is 0 Å². The highest BCUT2D eigenvalue weighted by Crippen LogP contribution is 2.44. The van der Waals surface area contributed by atoms with E-state index in [1.807, 2.05) is 36.4 Å². The van der Waals surface area contributed by atoms with Crippen molar-refractivity contribution in [3.63, 3.8) is 0 Å². The molecule has 0 saturated heterocycles. The highest BCUT2D eigenvalue weighted by molar-refractivity contribution is 6.17. The van der Waals surface area contributed by atoms with Crippen LogP contribution in [0.1, 0.15) is 55.6 Å². The first-order valence-corrected chi connectivity index (χ1v) is 9.77. The molecule has 0 aliphatic heterocycles. The van der Waals surface area contributed by atoms with Gasteiger partial charge in [0.05, 0.1) is 6.61 Å². The fourth-order valence-electron chi connectivity index (χ4n) is 3.57.